The minimum Gasteiger partial charge on any atom is -0.486 e. The van der Waals surface area contributed by atoms with Gasteiger partial charge < -0.3 is 19.6 Å². The Morgan fingerprint density at radius 1 is 1.05 bits per heavy atom. The molecule has 2 N–H and O–H groups in total. The van der Waals surface area contributed by atoms with Crippen LogP contribution in [-0.2, 0) is 16.0 Å². The third kappa shape index (κ3) is 7.21. The van der Waals surface area contributed by atoms with E-state index in [1.807, 2.05) is 46.8 Å². The second-order valence-corrected chi connectivity index (χ2v) is 10.6. The lowest BCUT2D eigenvalue weighted by molar-refractivity contribution is -0.135. The predicted octanol–water partition coefficient (Wildman–Crippen LogP) is 5.98. The second kappa shape index (κ2) is 11.6. The number of aliphatic carboxylic acids is 1. The quantitative estimate of drug-likeness (QED) is 0.330. The Morgan fingerprint density at radius 3 is 2.41 bits per heavy atom. The summed E-state index contributed by atoms with van der Waals surface area (Å²) in [4.78, 5) is 35.1. The number of rotatable bonds is 11. The molecule has 0 aliphatic carbocycles. The predicted molar refractivity (Wildman–Crippen MR) is 143 cm³/mol. The molecular formula is C30H37NO6. The number of aryl methyl sites for hydroxylation is 3. The zero-order chi connectivity index (χ0) is 27.3. The van der Waals surface area contributed by atoms with E-state index in [0.29, 0.717) is 11.5 Å². The molecule has 1 atom stereocenters. The molecule has 7 heteroatoms. The first-order valence-electron chi connectivity index (χ1n) is 12.7. The average Bonchev–Trinajstić information content (AvgIpc) is 3.26. The number of carbonyl (C=O) groups is 3. The lowest BCUT2D eigenvalue weighted by Gasteiger charge is -2.19. The van der Waals surface area contributed by atoms with E-state index in [1.165, 1.54) is 5.56 Å². The average molecular weight is 508 g/mol. The summed E-state index contributed by atoms with van der Waals surface area (Å²) in [6.45, 7) is 11.4. The number of fused-ring (bicyclic) bond motifs is 1. The molecule has 0 bridgehead atoms. The van der Waals surface area contributed by atoms with E-state index >= 15 is 0 Å². The van der Waals surface area contributed by atoms with E-state index in [9.17, 15) is 14.4 Å². The number of ketones is 1. The third-order valence-corrected chi connectivity index (χ3v) is 6.63. The van der Waals surface area contributed by atoms with Crippen molar-refractivity contribution in [2.45, 2.75) is 66.7 Å². The Balaban J connectivity index is 1.69. The van der Waals surface area contributed by atoms with Crippen LogP contribution < -0.4 is 10.1 Å². The first-order chi connectivity index (χ1) is 17.4. The molecule has 7 nitrogen and oxygen atoms in total. The zero-order valence-corrected chi connectivity index (χ0v) is 22.6. The van der Waals surface area contributed by atoms with E-state index in [4.69, 9.17) is 14.3 Å². The molecule has 1 heterocycles. The minimum atomic E-state index is -1.11. The zero-order valence-electron chi connectivity index (χ0n) is 22.6. The number of amides is 1. The van der Waals surface area contributed by atoms with Crippen molar-refractivity contribution in [2.75, 3.05) is 13.2 Å². The highest BCUT2D eigenvalue weighted by Gasteiger charge is 2.22. The van der Waals surface area contributed by atoms with E-state index < -0.39 is 23.8 Å². The van der Waals surface area contributed by atoms with Crippen molar-refractivity contribution in [3.05, 3.63) is 64.4 Å². The molecule has 3 rings (SSSR count). The van der Waals surface area contributed by atoms with Crippen LogP contribution in [0.25, 0.3) is 11.0 Å². The van der Waals surface area contributed by atoms with Crippen molar-refractivity contribution >= 4 is 28.6 Å². The van der Waals surface area contributed by atoms with Crippen LogP contribution in [0.5, 0.6) is 5.75 Å². The molecule has 198 valence electrons. The van der Waals surface area contributed by atoms with Crippen LogP contribution in [0.15, 0.2) is 40.8 Å². The summed E-state index contributed by atoms with van der Waals surface area (Å²) in [5.41, 5.74) is 4.55. The third-order valence-electron chi connectivity index (χ3n) is 6.63. The highest BCUT2D eigenvalue weighted by Crippen LogP contribution is 2.31. The summed E-state index contributed by atoms with van der Waals surface area (Å²) in [6, 6.07) is 12.0. The van der Waals surface area contributed by atoms with Crippen LogP contribution in [-0.4, -0.2) is 35.9 Å². The van der Waals surface area contributed by atoms with Gasteiger partial charge in [-0.1, -0.05) is 45.9 Å². The Hall–Kier alpha value is -3.61. The minimum absolute atomic E-state index is 0.0691. The molecule has 3 aromatic rings. The number of carboxylic acids is 1. The summed E-state index contributed by atoms with van der Waals surface area (Å²) in [7, 11) is 0. The molecule has 37 heavy (non-hydrogen) atoms. The van der Waals surface area contributed by atoms with Gasteiger partial charge in [0, 0.05) is 10.8 Å². The summed E-state index contributed by atoms with van der Waals surface area (Å²) >= 11 is 0. The van der Waals surface area contributed by atoms with Crippen molar-refractivity contribution < 1.29 is 28.6 Å². The van der Waals surface area contributed by atoms with Gasteiger partial charge in [-0.3, -0.25) is 14.4 Å². The molecule has 0 fully saturated rings. The fourth-order valence-corrected chi connectivity index (χ4v) is 4.30. The molecule has 0 aliphatic rings. The van der Waals surface area contributed by atoms with E-state index in [2.05, 4.69) is 30.4 Å². The van der Waals surface area contributed by atoms with Gasteiger partial charge in [0.2, 0.25) is 0 Å². The fraction of sp³-hybridized carbons (Fsp3) is 0.433. The number of carboxylic acid groups (broad SMARTS) is 1. The maximum absolute atomic E-state index is 12.2. The van der Waals surface area contributed by atoms with Crippen LogP contribution in [0.1, 0.15) is 79.3 Å². The van der Waals surface area contributed by atoms with Crippen LogP contribution >= 0.6 is 0 Å². The lowest BCUT2D eigenvalue weighted by Crippen LogP contribution is -2.28. The lowest BCUT2D eigenvalue weighted by atomic mass is 9.89. The Kier molecular flexibility index (Phi) is 8.79. The van der Waals surface area contributed by atoms with Gasteiger partial charge in [-0.15, -0.1) is 0 Å². The van der Waals surface area contributed by atoms with Crippen LogP contribution in [0.3, 0.4) is 0 Å². The number of benzene rings is 2. The summed E-state index contributed by atoms with van der Waals surface area (Å²) in [5.74, 6) is -0.384. The molecular weight excluding hydrogens is 470 g/mol. The maximum atomic E-state index is 12.2. The van der Waals surface area contributed by atoms with Gasteiger partial charge in [-0.25, -0.2) is 0 Å². The Labute approximate surface area is 218 Å². The second-order valence-electron chi connectivity index (χ2n) is 10.6. The highest BCUT2D eigenvalue weighted by atomic mass is 16.5. The van der Waals surface area contributed by atoms with Crippen molar-refractivity contribution in [1.82, 2.24) is 5.32 Å². The Bertz CT molecular complexity index is 1300. The highest BCUT2D eigenvalue weighted by molar-refractivity contribution is 5.97. The number of furan rings is 1. The number of ether oxygens (including phenoxy) is 1. The number of hydrogen-bond acceptors (Lipinski definition) is 5. The summed E-state index contributed by atoms with van der Waals surface area (Å²) < 4.78 is 11.5. The number of nitrogens with one attached hydrogen (secondary N) is 1. The number of carbonyl (C=O) groups excluding carboxylic acids is 2. The van der Waals surface area contributed by atoms with Gasteiger partial charge in [0.05, 0.1) is 0 Å². The molecule has 2 aromatic carbocycles. The van der Waals surface area contributed by atoms with Crippen LogP contribution in [0.4, 0.5) is 0 Å². The van der Waals surface area contributed by atoms with E-state index in [0.717, 1.165) is 47.1 Å². The smallest absolute Gasteiger partial charge is 0.322 e. The van der Waals surface area contributed by atoms with Crippen LogP contribution in [0, 0.1) is 19.3 Å². The number of Topliss-reactive ketones (excluding diaryl/α,β-unsaturated/α-hetero) is 1. The van der Waals surface area contributed by atoms with Gasteiger partial charge in [0.1, 0.15) is 24.5 Å². The van der Waals surface area contributed by atoms with Gasteiger partial charge >= 0.3 is 5.97 Å². The molecule has 1 unspecified atom stereocenters. The Morgan fingerprint density at radius 2 is 1.78 bits per heavy atom. The van der Waals surface area contributed by atoms with Crippen molar-refractivity contribution in [3.63, 3.8) is 0 Å². The standard InChI is InChI=1S/C30H37NO6/c1-7-21(22-10-11-24(18(2)13-22)36-17-26(32)30(4,5)6)9-8-20-12-19(3)28-23(14-20)15-25(37-28)29(35)31-16-27(33)34/h10-15,21H,7-9,16-17H2,1-6H3,(H,31,35)(H,33,34). The van der Waals surface area contributed by atoms with E-state index in [-0.39, 0.29) is 18.2 Å². The van der Waals surface area contributed by atoms with Gasteiger partial charge in [-0.05, 0) is 79.5 Å². The molecule has 1 aromatic heterocycles. The first kappa shape index (κ1) is 28.0. The van der Waals surface area contributed by atoms with Crippen molar-refractivity contribution in [1.29, 1.82) is 0 Å². The van der Waals surface area contributed by atoms with Crippen molar-refractivity contribution in [2.24, 2.45) is 5.41 Å². The maximum Gasteiger partial charge on any atom is 0.322 e. The largest absolute Gasteiger partial charge is 0.486 e. The normalized spacial score (nSPS) is 12.4. The number of hydrogen-bond donors (Lipinski definition) is 2. The molecule has 0 saturated heterocycles. The fourth-order valence-electron chi connectivity index (χ4n) is 4.30. The van der Waals surface area contributed by atoms with Crippen molar-refractivity contribution in [3.8, 4) is 5.75 Å². The van der Waals surface area contributed by atoms with Gasteiger partial charge in [0.25, 0.3) is 5.91 Å². The first-order valence-corrected chi connectivity index (χ1v) is 12.7. The molecule has 0 radical (unpaired) electrons. The molecule has 0 aliphatic heterocycles. The van der Waals surface area contributed by atoms with Gasteiger partial charge in [-0.2, -0.15) is 0 Å². The van der Waals surface area contributed by atoms with E-state index in [1.54, 1.807) is 6.07 Å². The topological polar surface area (TPSA) is 106 Å². The SMILES string of the molecule is CCC(CCc1cc(C)c2oc(C(=O)NCC(=O)O)cc2c1)c1ccc(OCC(=O)C(C)(C)C)c(C)c1. The molecule has 0 spiro atoms. The summed E-state index contributed by atoms with van der Waals surface area (Å²) in [6.07, 6.45) is 2.80. The monoisotopic (exact) mass is 507 g/mol. The van der Waals surface area contributed by atoms with Gasteiger partial charge in [0.15, 0.2) is 11.5 Å². The molecule has 0 saturated carbocycles. The van der Waals surface area contributed by atoms with Crippen LogP contribution in [0.2, 0.25) is 0 Å². The molecule has 1 amide bonds. The summed E-state index contributed by atoms with van der Waals surface area (Å²) in [5, 5.41) is 11.9.